The third-order valence-electron chi connectivity index (χ3n) is 9.44. The van der Waals surface area contributed by atoms with Crippen LogP contribution in [0.2, 0.25) is 0 Å². The zero-order chi connectivity index (χ0) is 44.1. The van der Waals surface area contributed by atoms with Crippen molar-refractivity contribution in [3.05, 3.63) is 174 Å². The number of aromatic nitrogens is 3. The molecule has 9 rings (SSSR count). The number of furan rings is 1. The Morgan fingerprint density at radius 2 is 1.49 bits per heavy atom. The molecule has 9 aromatic rings. The second-order valence-corrected chi connectivity index (χ2v) is 13.6. The fourth-order valence-electron chi connectivity index (χ4n) is 7.03. The summed E-state index contributed by atoms with van der Waals surface area (Å²) in [7, 11) is 0. The minimum atomic E-state index is -2.55. The van der Waals surface area contributed by atoms with Crippen LogP contribution in [0.3, 0.4) is 0 Å². The van der Waals surface area contributed by atoms with Crippen molar-refractivity contribution < 1.29 is 35.5 Å². The van der Waals surface area contributed by atoms with Crippen LogP contribution in [0.25, 0.3) is 72.4 Å². The molecule has 0 aliphatic rings. The average Bonchev–Trinajstić information content (AvgIpc) is 3.82. The first-order chi connectivity index (χ1) is 29.5. The van der Waals surface area contributed by atoms with Gasteiger partial charge in [0.05, 0.1) is 22.4 Å². The number of rotatable bonds is 6. The largest absolute Gasteiger partial charge is 0.500 e. The Bertz CT molecular complexity index is 3060. The minimum absolute atomic E-state index is 0. The Hall–Kier alpha value is -5.61. The maximum atomic E-state index is 8.66. The molecule has 0 saturated carbocycles. The van der Waals surface area contributed by atoms with Crippen LogP contribution in [0, 0.1) is 45.6 Å². The Balaban J connectivity index is 0.000000211. The summed E-state index contributed by atoms with van der Waals surface area (Å²) in [4.78, 5) is 9.27. The van der Waals surface area contributed by atoms with Gasteiger partial charge in [-0.3, -0.25) is 4.98 Å². The van der Waals surface area contributed by atoms with Crippen molar-refractivity contribution in [2.24, 2.45) is 5.92 Å². The molecule has 0 fully saturated rings. The second-order valence-electron chi connectivity index (χ2n) is 13.6. The molecule has 5 heteroatoms. The Morgan fingerprint density at radius 1 is 0.745 bits per heavy atom. The van der Waals surface area contributed by atoms with E-state index in [1.165, 1.54) is 29.1 Å². The molecule has 55 heavy (non-hydrogen) atoms. The molecule has 0 amide bonds. The molecule has 0 saturated heterocycles. The summed E-state index contributed by atoms with van der Waals surface area (Å²) in [5.74, 6) is 0.441. The molecule has 3 aromatic heterocycles. The summed E-state index contributed by atoms with van der Waals surface area (Å²) < 4.78 is 74.2. The molecule has 0 aliphatic carbocycles. The number of para-hydroxylation sites is 3. The fourth-order valence-corrected chi connectivity index (χ4v) is 7.03. The van der Waals surface area contributed by atoms with Gasteiger partial charge in [-0.1, -0.05) is 109 Å². The summed E-state index contributed by atoms with van der Waals surface area (Å²) in [6, 6.07) is 46.6. The van der Waals surface area contributed by atoms with Gasteiger partial charge in [0.2, 0.25) is 0 Å². The summed E-state index contributed by atoms with van der Waals surface area (Å²) >= 11 is 0. The van der Waals surface area contributed by atoms with Crippen molar-refractivity contribution in [2.45, 2.75) is 47.8 Å². The van der Waals surface area contributed by atoms with E-state index in [9.17, 15) is 0 Å². The topological polar surface area (TPSA) is 43.9 Å². The molecule has 0 spiro atoms. The van der Waals surface area contributed by atoms with E-state index in [1.807, 2.05) is 60.7 Å². The maximum absolute atomic E-state index is 8.66. The molecular formula is C50H43IrN3O-2. The monoisotopic (exact) mass is 902 g/mol. The van der Waals surface area contributed by atoms with Gasteiger partial charge in [0, 0.05) is 53.9 Å². The van der Waals surface area contributed by atoms with Crippen LogP contribution in [0.4, 0.5) is 0 Å². The van der Waals surface area contributed by atoms with Crippen LogP contribution in [-0.2, 0) is 26.5 Å². The zero-order valence-corrected chi connectivity index (χ0v) is 33.3. The van der Waals surface area contributed by atoms with E-state index in [0.717, 1.165) is 22.4 Å². The molecule has 4 nitrogen and oxygen atoms in total. The second kappa shape index (κ2) is 16.0. The van der Waals surface area contributed by atoms with Crippen molar-refractivity contribution in [3.8, 4) is 39.5 Å². The first kappa shape index (κ1) is 28.8. The van der Waals surface area contributed by atoms with Crippen molar-refractivity contribution >= 4 is 33.0 Å². The molecule has 0 unspecified atom stereocenters. The van der Waals surface area contributed by atoms with E-state index in [0.29, 0.717) is 44.3 Å². The summed E-state index contributed by atoms with van der Waals surface area (Å²) in [6.45, 7) is 2.77. The molecule has 1 radical (unpaired) electrons. The molecule has 6 aromatic carbocycles. The fraction of sp³-hybridized carbons (Fsp3) is 0.160. The van der Waals surface area contributed by atoms with Crippen LogP contribution < -0.4 is 0 Å². The number of aryl methyl sites for hydroxylation is 4. The summed E-state index contributed by atoms with van der Waals surface area (Å²) in [5.41, 5.74) is 9.59. The van der Waals surface area contributed by atoms with Crippen LogP contribution in [0.15, 0.2) is 138 Å². The van der Waals surface area contributed by atoms with Gasteiger partial charge in [-0.25, -0.2) is 0 Å². The first-order valence-corrected chi connectivity index (χ1v) is 17.9. The van der Waals surface area contributed by atoms with Gasteiger partial charge < -0.3 is 14.0 Å². The van der Waals surface area contributed by atoms with E-state index in [4.69, 9.17) is 20.4 Å². The number of hydrogen-bond acceptors (Lipinski definition) is 3. The van der Waals surface area contributed by atoms with E-state index in [1.54, 1.807) is 32.0 Å². The van der Waals surface area contributed by atoms with E-state index in [-0.39, 0.29) is 36.8 Å². The molecule has 3 heterocycles. The van der Waals surface area contributed by atoms with E-state index in [2.05, 4.69) is 78.0 Å². The summed E-state index contributed by atoms with van der Waals surface area (Å²) in [5, 5.41) is 1.42. The third-order valence-corrected chi connectivity index (χ3v) is 9.44. The summed E-state index contributed by atoms with van der Waals surface area (Å²) in [6.07, 6.45) is -0.729. The van der Waals surface area contributed by atoms with Crippen LogP contribution >= 0.6 is 0 Å². The molecule has 0 N–H and O–H groups in total. The normalized spacial score (nSPS) is 14.1. The third kappa shape index (κ3) is 7.31. The SMILES string of the molecule is Cc1cccc(C)c1-n1c(-c2[c-]cccc2)nc2ccccc21.[2H]C([2H])([2H])c1cnc(-c2[c-]ccc3c2oc2c(-c4ccccc4)c(C([2H])([2H])[2H])ccc23)cc1C([2H])([2H])C(C)C.[Ir]. The predicted molar refractivity (Wildman–Crippen MR) is 224 cm³/mol. The van der Waals surface area contributed by atoms with Gasteiger partial charge in [-0.05, 0) is 85.5 Å². The standard InChI is InChI=1S/C29H26NO.C21H17N2.Ir/c1-18(2)15-22-16-26(30-17-20(22)4)25-12-8-11-23-24-14-13-19(3)27(29(24)31-28(23)25)21-9-6-5-7-10-21;1-15-9-8-10-16(2)20(15)23-19-14-7-6-13-18(19)22-21(23)17-11-4-3-5-12-17;/h5-11,13-14,16-18H,15H2,1-4H3;3-11,13-14H,1-2H3;/q2*-1;/i3D3,4D3,15D2;;. The predicted octanol–water partition coefficient (Wildman–Crippen LogP) is 13.0. The molecule has 0 aliphatic heterocycles. The number of fused-ring (bicyclic) bond motifs is 4. The molecule has 0 bridgehead atoms. The van der Waals surface area contributed by atoms with Crippen molar-refractivity contribution in [1.29, 1.82) is 0 Å². The molecule has 275 valence electrons. The quantitative estimate of drug-likeness (QED) is 0.156. The maximum Gasteiger partial charge on any atom is 0.129 e. The van der Waals surface area contributed by atoms with Crippen LogP contribution in [0.5, 0.6) is 0 Å². The molecular weight excluding hydrogens is 851 g/mol. The van der Waals surface area contributed by atoms with Crippen LogP contribution in [-0.4, -0.2) is 14.5 Å². The van der Waals surface area contributed by atoms with Crippen molar-refractivity contribution in [1.82, 2.24) is 14.5 Å². The number of imidazole rings is 1. The number of hydrogen-bond donors (Lipinski definition) is 0. The van der Waals surface area contributed by atoms with Crippen molar-refractivity contribution in [3.63, 3.8) is 0 Å². The van der Waals surface area contributed by atoms with Gasteiger partial charge >= 0.3 is 0 Å². The van der Waals surface area contributed by atoms with E-state index < -0.39 is 26.0 Å². The first-order valence-electron chi connectivity index (χ1n) is 21.9. The molecule has 0 atom stereocenters. The van der Waals surface area contributed by atoms with E-state index >= 15 is 0 Å². The van der Waals surface area contributed by atoms with Crippen molar-refractivity contribution in [2.75, 3.05) is 0 Å². The van der Waals surface area contributed by atoms with Gasteiger partial charge in [0.25, 0.3) is 0 Å². The van der Waals surface area contributed by atoms with Gasteiger partial charge in [0.15, 0.2) is 0 Å². The van der Waals surface area contributed by atoms with Crippen LogP contribution in [0.1, 0.15) is 52.6 Å². The minimum Gasteiger partial charge on any atom is -0.500 e. The Labute approximate surface area is 348 Å². The number of nitrogens with zero attached hydrogens (tertiary/aromatic N) is 3. The number of benzene rings is 6. The Kier molecular flexibility index (Phi) is 8.38. The zero-order valence-electron chi connectivity index (χ0n) is 38.9. The smallest absolute Gasteiger partial charge is 0.129 e. The van der Waals surface area contributed by atoms with Gasteiger partial charge in [-0.2, -0.15) is 0 Å². The van der Waals surface area contributed by atoms with Gasteiger partial charge in [-0.15, -0.1) is 54.1 Å². The van der Waals surface area contributed by atoms with Gasteiger partial charge in [0.1, 0.15) is 5.58 Å². The Morgan fingerprint density at radius 3 is 2.24 bits per heavy atom. The number of pyridine rings is 1. The average molecular weight is 902 g/mol.